The van der Waals surface area contributed by atoms with Crippen LogP contribution in [0.1, 0.15) is 79.1 Å². The molecule has 1 fully saturated rings. The lowest BCUT2D eigenvalue weighted by Gasteiger charge is -2.43. The average Bonchev–Trinajstić information content (AvgIpc) is 2.41. The highest BCUT2D eigenvalue weighted by Crippen LogP contribution is 2.48. The zero-order valence-electron chi connectivity index (χ0n) is 13.6. The summed E-state index contributed by atoms with van der Waals surface area (Å²) >= 11 is 1.73. The molecule has 0 unspecified atom stereocenters. The van der Waals surface area contributed by atoms with Gasteiger partial charge in [0.2, 0.25) is 0 Å². The molecule has 0 aromatic rings. The van der Waals surface area contributed by atoms with E-state index in [4.69, 9.17) is 4.40 Å². The normalized spacial score (nSPS) is 27.9. The minimum atomic E-state index is -0.110. The van der Waals surface area contributed by atoms with Crippen LogP contribution in [0.4, 0.5) is 0 Å². The van der Waals surface area contributed by atoms with Crippen LogP contribution >= 0.6 is 11.9 Å². The predicted octanol–water partition coefficient (Wildman–Crippen LogP) is 5.01. The van der Waals surface area contributed by atoms with Gasteiger partial charge in [-0.25, -0.2) is 4.40 Å². The molecule has 0 aromatic heterocycles. The second kappa shape index (κ2) is 6.39. The fourth-order valence-corrected chi connectivity index (χ4v) is 4.09. The van der Waals surface area contributed by atoms with Crippen LogP contribution in [0, 0.1) is 11.3 Å². The third-order valence-electron chi connectivity index (χ3n) is 5.60. The van der Waals surface area contributed by atoms with Crippen LogP contribution in [0.3, 0.4) is 0 Å². The van der Waals surface area contributed by atoms with Crippen molar-refractivity contribution in [3.63, 3.8) is 0 Å². The minimum Gasteiger partial charge on any atom is -0.393 e. The van der Waals surface area contributed by atoms with Crippen LogP contribution in [0.25, 0.3) is 0 Å². The first kappa shape index (κ1) is 16.4. The maximum Gasteiger partial charge on any atom is 0.0572 e. The van der Waals surface area contributed by atoms with E-state index in [1.807, 2.05) is 0 Å². The van der Waals surface area contributed by atoms with Crippen LogP contribution < -0.4 is 0 Å². The lowest BCUT2D eigenvalue weighted by atomic mass is 9.75. The van der Waals surface area contributed by atoms with E-state index in [9.17, 15) is 5.11 Å². The van der Waals surface area contributed by atoms with Gasteiger partial charge in [-0.3, -0.25) is 0 Å². The Bertz CT molecular complexity index is 356. The summed E-state index contributed by atoms with van der Waals surface area (Å²) in [7, 11) is 0. The molecule has 3 heteroatoms. The summed E-state index contributed by atoms with van der Waals surface area (Å²) in [4.78, 5) is 0. The van der Waals surface area contributed by atoms with Crippen molar-refractivity contribution in [2.45, 2.75) is 89.9 Å². The molecule has 2 aliphatic rings. The van der Waals surface area contributed by atoms with Crippen LogP contribution in [0.5, 0.6) is 0 Å². The van der Waals surface area contributed by atoms with Crippen molar-refractivity contribution in [2.24, 2.45) is 15.7 Å². The average molecular weight is 298 g/mol. The number of aliphatic hydroxyl groups excluding tert-OH is 1. The van der Waals surface area contributed by atoms with Crippen LogP contribution in [-0.4, -0.2) is 21.7 Å². The van der Waals surface area contributed by atoms with Crippen LogP contribution in [0.15, 0.2) is 4.40 Å². The Kier molecular flexibility index (Phi) is 5.23. The smallest absolute Gasteiger partial charge is 0.0572 e. The minimum absolute atomic E-state index is 0.110. The Labute approximate surface area is 129 Å². The van der Waals surface area contributed by atoms with Crippen molar-refractivity contribution < 1.29 is 5.11 Å². The summed E-state index contributed by atoms with van der Waals surface area (Å²) in [6, 6.07) is 0. The Morgan fingerprint density at radius 2 is 1.85 bits per heavy atom. The maximum atomic E-state index is 10.4. The zero-order chi connectivity index (χ0) is 14.8. The molecular formula is C17H31NOS. The molecule has 1 saturated carbocycles. The molecule has 2 nitrogen and oxygen atoms in total. The molecule has 20 heavy (non-hydrogen) atoms. The Hall–Kier alpha value is -0.0200. The number of nitrogens with zero attached hydrogens (tertiary/aromatic N) is 1. The molecule has 0 aromatic carbocycles. The Morgan fingerprint density at radius 1 is 1.20 bits per heavy atom. The molecule has 1 aliphatic carbocycles. The summed E-state index contributed by atoms with van der Waals surface area (Å²) < 4.78 is 4.92. The molecule has 2 rings (SSSR count). The van der Waals surface area contributed by atoms with E-state index < -0.39 is 0 Å². The van der Waals surface area contributed by atoms with Gasteiger partial charge in [0.25, 0.3) is 0 Å². The third kappa shape index (κ3) is 3.79. The number of rotatable bonds is 4. The number of aliphatic hydroxyl groups is 1. The first-order chi connectivity index (χ1) is 9.32. The zero-order valence-corrected chi connectivity index (χ0v) is 14.4. The fraction of sp³-hybridized carbons (Fsp3) is 0.941. The molecule has 0 saturated heterocycles. The summed E-state index contributed by atoms with van der Waals surface area (Å²) in [5, 5.41) is 10.4. The predicted molar refractivity (Wildman–Crippen MR) is 89.3 cm³/mol. The lowest BCUT2D eigenvalue weighted by Crippen LogP contribution is -2.40. The van der Waals surface area contributed by atoms with Crippen molar-refractivity contribution >= 4 is 17.7 Å². The second-order valence-corrected chi connectivity index (χ2v) is 9.21. The maximum absolute atomic E-state index is 10.4. The molecular weight excluding hydrogens is 266 g/mol. The SMILES string of the molecule is CC1(C)CC(CC[C@@H](O)C2CCCCC2)=NSC1(C)C. The van der Waals surface area contributed by atoms with Gasteiger partial charge >= 0.3 is 0 Å². The van der Waals surface area contributed by atoms with Gasteiger partial charge < -0.3 is 5.11 Å². The van der Waals surface area contributed by atoms with Gasteiger partial charge in [0.1, 0.15) is 0 Å². The summed E-state index contributed by atoms with van der Waals surface area (Å²) in [5.41, 5.74) is 1.58. The van der Waals surface area contributed by atoms with Crippen LogP contribution in [-0.2, 0) is 0 Å². The number of hydrogen-bond donors (Lipinski definition) is 1. The molecule has 1 heterocycles. The second-order valence-electron chi connectivity index (χ2n) is 7.82. The Morgan fingerprint density at radius 3 is 2.45 bits per heavy atom. The van der Waals surface area contributed by atoms with Gasteiger partial charge in [0.05, 0.1) is 6.10 Å². The van der Waals surface area contributed by atoms with E-state index in [1.165, 1.54) is 37.8 Å². The fourth-order valence-electron chi connectivity index (χ4n) is 3.26. The molecule has 1 N–H and O–H groups in total. The van der Waals surface area contributed by atoms with Crippen molar-refractivity contribution in [3.05, 3.63) is 0 Å². The van der Waals surface area contributed by atoms with Gasteiger partial charge in [-0.15, -0.1) is 0 Å². The van der Waals surface area contributed by atoms with E-state index in [0.29, 0.717) is 5.92 Å². The van der Waals surface area contributed by atoms with E-state index >= 15 is 0 Å². The van der Waals surface area contributed by atoms with Crippen molar-refractivity contribution in [3.8, 4) is 0 Å². The highest BCUT2D eigenvalue weighted by molar-refractivity contribution is 7.99. The third-order valence-corrected chi connectivity index (χ3v) is 6.96. The molecule has 1 aliphatic heterocycles. The van der Waals surface area contributed by atoms with Gasteiger partial charge in [0.15, 0.2) is 0 Å². The first-order valence-electron chi connectivity index (χ1n) is 8.24. The van der Waals surface area contributed by atoms with Crippen LogP contribution in [0.2, 0.25) is 0 Å². The topological polar surface area (TPSA) is 32.6 Å². The molecule has 0 amide bonds. The molecule has 0 spiro atoms. The highest BCUT2D eigenvalue weighted by Gasteiger charge is 2.41. The van der Waals surface area contributed by atoms with Gasteiger partial charge in [0, 0.05) is 10.5 Å². The van der Waals surface area contributed by atoms with E-state index in [-0.39, 0.29) is 16.3 Å². The largest absolute Gasteiger partial charge is 0.393 e. The first-order valence-corrected chi connectivity index (χ1v) is 9.01. The van der Waals surface area contributed by atoms with Crippen molar-refractivity contribution in [2.75, 3.05) is 0 Å². The molecule has 1 atom stereocenters. The number of hydrogen-bond acceptors (Lipinski definition) is 3. The Balaban J connectivity index is 1.84. The monoisotopic (exact) mass is 297 g/mol. The standard InChI is InChI=1S/C17H31NOS/c1-16(2)12-14(18-20-17(16,3)4)10-11-15(19)13-8-6-5-7-9-13/h13,15,19H,5-12H2,1-4H3/t15-/m1/s1. The van der Waals surface area contributed by atoms with E-state index in [1.54, 1.807) is 11.9 Å². The lowest BCUT2D eigenvalue weighted by molar-refractivity contribution is 0.0788. The quantitative estimate of drug-likeness (QED) is 0.740. The molecule has 0 radical (unpaired) electrons. The summed E-state index contributed by atoms with van der Waals surface area (Å²) in [6.07, 6.45) is 9.26. The summed E-state index contributed by atoms with van der Waals surface area (Å²) in [5.74, 6) is 0.546. The van der Waals surface area contributed by atoms with Gasteiger partial charge in [-0.05, 0) is 69.2 Å². The highest BCUT2D eigenvalue weighted by atomic mass is 32.2. The van der Waals surface area contributed by atoms with Gasteiger partial charge in [-0.1, -0.05) is 33.1 Å². The van der Waals surface area contributed by atoms with E-state index in [0.717, 1.165) is 19.3 Å². The van der Waals surface area contributed by atoms with Crippen molar-refractivity contribution in [1.29, 1.82) is 0 Å². The van der Waals surface area contributed by atoms with E-state index in [2.05, 4.69) is 27.7 Å². The molecule has 0 bridgehead atoms. The van der Waals surface area contributed by atoms with Crippen molar-refractivity contribution in [1.82, 2.24) is 0 Å². The van der Waals surface area contributed by atoms with Gasteiger partial charge in [-0.2, -0.15) is 0 Å². The molecule has 116 valence electrons. The summed E-state index contributed by atoms with van der Waals surface area (Å²) in [6.45, 7) is 9.25.